The number of carbonyl (C=O) groups is 2. The van der Waals surface area contributed by atoms with Gasteiger partial charge in [-0.3, -0.25) is 0 Å². The molecule has 0 radical (unpaired) electrons. The van der Waals surface area contributed by atoms with Gasteiger partial charge < -0.3 is 19.7 Å². The Labute approximate surface area is 178 Å². The van der Waals surface area contributed by atoms with Crippen LogP contribution < -0.4 is 5.43 Å². The zero-order chi connectivity index (χ0) is 23.1. The van der Waals surface area contributed by atoms with Crippen LogP contribution in [0.3, 0.4) is 0 Å². The van der Waals surface area contributed by atoms with Crippen molar-refractivity contribution >= 4 is 18.3 Å². The molecule has 0 saturated heterocycles. The van der Waals surface area contributed by atoms with Crippen LogP contribution in [0.2, 0.25) is 0 Å². The molecule has 3 N–H and O–H groups in total. The molecule has 1 aromatic rings. The maximum absolute atomic E-state index is 12.7. The molecule has 0 bridgehead atoms. The summed E-state index contributed by atoms with van der Waals surface area (Å²) in [6.07, 6.45) is -0.0526. The number of nitrogens with zero attached hydrogens (tertiary/aromatic N) is 1. The van der Waals surface area contributed by atoms with Gasteiger partial charge in [0, 0.05) is 0 Å². The molecule has 0 spiro atoms. The van der Waals surface area contributed by atoms with Gasteiger partial charge in [-0.25, -0.2) is 20.0 Å². The number of rotatable bonds is 5. The molecule has 1 aromatic carbocycles. The number of benzene rings is 1. The van der Waals surface area contributed by atoms with Crippen molar-refractivity contribution in [3.05, 3.63) is 41.5 Å². The summed E-state index contributed by atoms with van der Waals surface area (Å²) in [6.45, 7) is 11.3. The summed E-state index contributed by atoms with van der Waals surface area (Å²) in [4.78, 5) is 24.9. The molecule has 0 heterocycles. The molecule has 0 saturated carbocycles. The van der Waals surface area contributed by atoms with Gasteiger partial charge >= 0.3 is 12.2 Å². The van der Waals surface area contributed by atoms with E-state index >= 15 is 0 Å². The van der Waals surface area contributed by atoms with Crippen LogP contribution in [-0.2, 0) is 9.47 Å². The van der Waals surface area contributed by atoms with Crippen LogP contribution in [0.1, 0.15) is 52.7 Å². The first kappa shape index (κ1) is 25.5. The van der Waals surface area contributed by atoms with E-state index in [1.54, 1.807) is 47.6 Å². The lowest BCUT2D eigenvalue weighted by atomic mass is 10.1. The smallest absolute Gasteiger partial charge is 0.429 e. The Bertz CT molecular complexity index is 731. The van der Waals surface area contributed by atoms with Crippen molar-refractivity contribution < 1.29 is 29.3 Å². The summed E-state index contributed by atoms with van der Waals surface area (Å²) < 4.78 is 10.5. The monoisotopic (exact) mass is 422 g/mol. The van der Waals surface area contributed by atoms with Gasteiger partial charge in [-0.1, -0.05) is 42.0 Å². The highest BCUT2D eigenvalue weighted by molar-refractivity contribution is 5.75. The van der Waals surface area contributed by atoms with Crippen LogP contribution in [-0.4, -0.2) is 57.4 Å². The molecule has 30 heavy (non-hydrogen) atoms. The summed E-state index contributed by atoms with van der Waals surface area (Å²) in [5, 5.41) is 21.2. The first-order valence-corrected chi connectivity index (χ1v) is 9.77. The number of aliphatic hydroxyl groups is 2. The number of amides is 2. The minimum absolute atomic E-state index is 0.631. The summed E-state index contributed by atoms with van der Waals surface area (Å²) in [5.74, 6) is 0. The molecule has 1 unspecified atom stereocenters. The Morgan fingerprint density at radius 3 is 2.07 bits per heavy atom. The molecule has 168 valence electrons. The van der Waals surface area contributed by atoms with Crippen LogP contribution in [0, 0.1) is 6.92 Å². The van der Waals surface area contributed by atoms with Gasteiger partial charge in [0.05, 0.1) is 12.7 Å². The maximum Gasteiger partial charge on any atom is 0.429 e. The van der Waals surface area contributed by atoms with E-state index in [4.69, 9.17) is 9.47 Å². The maximum atomic E-state index is 12.7. The van der Waals surface area contributed by atoms with Crippen LogP contribution >= 0.6 is 0 Å². The van der Waals surface area contributed by atoms with Crippen molar-refractivity contribution in [2.24, 2.45) is 0 Å². The standard InChI is InChI=1S/C22H34N2O6/c1-15-8-10-16(11-9-15)12-13-18(26)17(14-25)24(20(28)30-22(5,6)7)23-19(27)29-21(2,3)4/h8-13,17-18,25-26H,14H2,1-7H3,(H,23,27)/b13-12+/t17?,18-/m0/s1. The zero-order valence-electron chi connectivity index (χ0n) is 18.8. The summed E-state index contributed by atoms with van der Waals surface area (Å²) in [7, 11) is 0. The van der Waals surface area contributed by atoms with E-state index in [-0.39, 0.29) is 0 Å². The van der Waals surface area contributed by atoms with Crippen molar-refractivity contribution in [1.82, 2.24) is 10.4 Å². The van der Waals surface area contributed by atoms with E-state index in [9.17, 15) is 19.8 Å². The lowest BCUT2D eigenvalue weighted by Gasteiger charge is -2.34. The van der Waals surface area contributed by atoms with E-state index in [2.05, 4.69) is 5.43 Å². The zero-order valence-corrected chi connectivity index (χ0v) is 18.8. The predicted molar refractivity (Wildman–Crippen MR) is 115 cm³/mol. The van der Waals surface area contributed by atoms with E-state index in [1.165, 1.54) is 6.08 Å². The number of carbonyl (C=O) groups excluding carboxylic acids is 2. The third-order valence-corrected chi connectivity index (χ3v) is 3.68. The summed E-state index contributed by atoms with van der Waals surface area (Å²) in [6, 6.07) is 6.39. The summed E-state index contributed by atoms with van der Waals surface area (Å²) >= 11 is 0. The minimum Gasteiger partial charge on any atom is -0.443 e. The number of nitrogens with one attached hydrogen (secondary N) is 1. The van der Waals surface area contributed by atoms with Gasteiger partial charge in [-0.05, 0) is 54.0 Å². The van der Waals surface area contributed by atoms with Crippen molar-refractivity contribution in [1.29, 1.82) is 0 Å². The molecule has 0 aromatic heterocycles. The van der Waals surface area contributed by atoms with Gasteiger partial charge in [0.1, 0.15) is 17.2 Å². The van der Waals surface area contributed by atoms with Gasteiger partial charge in [0.25, 0.3) is 0 Å². The molecule has 0 fully saturated rings. The van der Waals surface area contributed by atoms with Crippen LogP contribution in [0.5, 0.6) is 0 Å². The predicted octanol–water partition coefficient (Wildman–Crippen LogP) is 3.41. The van der Waals surface area contributed by atoms with E-state index < -0.39 is 42.1 Å². The van der Waals surface area contributed by atoms with Crippen molar-refractivity contribution in [2.75, 3.05) is 6.61 Å². The van der Waals surface area contributed by atoms with E-state index in [0.717, 1.165) is 16.1 Å². The first-order valence-electron chi connectivity index (χ1n) is 9.77. The number of hydrogen-bond acceptors (Lipinski definition) is 6. The Morgan fingerprint density at radius 2 is 1.60 bits per heavy atom. The average molecular weight is 423 g/mol. The number of ether oxygens (including phenoxy) is 2. The molecule has 0 aliphatic carbocycles. The van der Waals surface area contributed by atoms with Gasteiger partial charge in [-0.2, -0.15) is 0 Å². The molecular formula is C22H34N2O6. The third kappa shape index (κ3) is 9.28. The van der Waals surface area contributed by atoms with E-state index in [0.29, 0.717) is 0 Å². The molecule has 0 aliphatic heterocycles. The Morgan fingerprint density at radius 1 is 1.07 bits per heavy atom. The highest BCUT2D eigenvalue weighted by Crippen LogP contribution is 2.15. The molecule has 1 rings (SSSR count). The second-order valence-corrected chi connectivity index (χ2v) is 8.97. The topological polar surface area (TPSA) is 108 Å². The second kappa shape index (κ2) is 10.4. The Kier molecular flexibility index (Phi) is 8.87. The molecule has 8 heteroatoms. The fraction of sp³-hybridized carbons (Fsp3) is 0.545. The van der Waals surface area contributed by atoms with Crippen molar-refractivity contribution in [3.63, 3.8) is 0 Å². The van der Waals surface area contributed by atoms with Gasteiger partial charge in [-0.15, -0.1) is 0 Å². The lowest BCUT2D eigenvalue weighted by Crippen LogP contribution is -2.58. The highest BCUT2D eigenvalue weighted by atomic mass is 16.6. The van der Waals surface area contributed by atoms with Crippen LogP contribution in [0.25, 0.3) is 6.08 Å². The second-order valence-electron chi connectivity index (χ2n) is 8.97. The number of aryl methyl sites for hydroxylation is 1. The molecular weight excluding hydrogens is 388 g/mol. The van der Waals surface area contributed by atoms with Gasteiger partial charge in [0.15, 0.2) is 0 Å². The third-order valence-electron chi connectivity index (χ3n) is 3.68. The van der Waals surface area contributed by atoms with E-state index in [1.807, 2.05) is 31.2 Å². The minimum atomic E-state index is -1.29. The highest BCUT2D eigenvalue weighted by Gasteiger charge is 2.34. The SMILES string of the molecule is Cc1ccc(/C=C/[C@H](O)C(CO)N(NC(=O)OC(C)(C)C)C(=O)OC(C)(C)C)cc1. The van der Waals surface area contributed by atoms with Crippen LogP contribution in [0.4, 0.5) is 9.59 Å². The Hall–Kier alpha value is -2.58. The fourth-order valence-corrected chi connectivity index (χ4v) is 2.33. The van der Waals surface area contributed by atoms with Crippen LogP contribution in [0.15, 0.2) is 30.3 Å². The molecule has 2 atom stereocenters. The normalized spacial score (nSPS) is 14.2. The van der Waals surface area contributed by atoms with Crippen molar-refractivity contribution in [3.8, 4) is 0 Å². The van der Waals surface area contributed by atoms with Crippen molar-refractivity contribution in [2.45, 2.75) is 71.8 Å². The number of aliphatic hydroxyl groups excluding tert-OH is 2. The lowest BCUT2D eigenvalue weighted by molar-refractivity contribution is -0.0343. The quantitative estimate of drug-likeness (QED) is 0.628. The number of hydrazine groups is 1. The average Bonchev–Trinajstić information content (AvgIpc) is 2.58. The molecule has 2 amide bonds. The largest absolute Gasteiger partial charge is 0.443 e. The van der Waals surface area contributed by atoms with Gasteiger partial charge in [0.2, 0.25) is 0 Å². The molecule has 8 nitrogen and oxygen atoms in total. The first-order chi connectivity index (χ1) is 13.7. The fourth-order valence-electron chi connectivity index (χ4n) is 2.33. The number of hydrogen-bond donors (Lipinski definition) is 3. The summed E-state index contributed by atoms with van der Waals surface area (Å²) in [5.41, 5.74) is 2.55. The molecule has 0 aliphatic rings. The Balaban J connectivity index is 3.07.